The Labute approximate surface area is 182 Å². The molecule has 1 saturated heterocycles. The third-order valence-electron chi connectivity index (χ3n) is 4.26. The minimum atomic E-state index is -3.86. The molecule has 0 bridgehead atoms. The van der Waals surface area contributed by atoms with Gasteiger partial charge in [0.05, 0.1) is 19.3 Å². The lowest BCUT2D eigenvalue weighted by atomic mass is 10.2. The molecular formula is C20H32N3O7P. The van der Waals surface area contributed by atoms with E-state index < -0.39 is 19.9 Å². The van der Waals surface area contributed by atoms with Gasteiger partial charge in [-0.25, -0.2) is 9.65 Å². The zero-order valence-electron chi connectivity index (χ0n) is 17.6. The topological polar surface area (TPSA) is 141 Å². The smallest absolute Gasteiger partial charge is 0.459 e. The minimum absolute atomic E-state index is 0.00337. The molecule has 5 N–H and O–H groups in total. The summed E-state index contributed by atoms with van der Waals surface area (Å²) in [5.41, 5.74) is 5.23. The first-order valence-electron chi connectivity index (χ1n) is 10.3. The number of hydrogen-bond donors (Lipinski definition) is 4. The Morgan fingerprint density at radius 1 is 1.39 bits per heavy atom. The first-order chi connectivity index (χ1) is 14.9. The van der Waals surface area contributed by atoms with Gasteiger partial charge in [-0.1, -0.05) is 31.5 Å². The van der Waals surface area contributed by atoms with Crippen molar-refractivity contribution in [3.05, 3.63) is 42.6 Å². The lowest BCUT2D eigenvalue weighted by Gasteiger charge is -2.21. The monoisotopic (exact) mass is 457 g/mol. The van der Waals surface area contributed by atoms with Crippen molar-refractivity contribution >= 4 is 13.7 Å². The summed E-state index contributed by atoms with van der Waals surface area (Å²) in [7, 11) is -3.86. The van der Waals surface area contributed by atoms with E-state index in [1.54, 1.807) is 30.3 Å². The third-order valence-corrected chi connectivity index (χ3v) is 5.75. The van der Waals surface area contributed by atoms with E-state index in [9.17, 15) is 9.36 Å². The molecule has 0 saturated carbocycles. The number of unbranched alkanes of at least 4 members (excludes halogenated alkanes) is 1. The van der Waals surface area contributed by atoms with Gasteiger partial charge >= 0.3 is 13.7 Å². The van der Waals surface area contributed by atoms with E-state index in [2.05, 4.69) is 10.4 Å². The Hall–Kier alpha value is -1.94. The molecule has 0 spiro atoms. The molecular weight excluding hydrogens is 425 g/mol. The van der Waals surface area contributed by atoms with Gasteiger partial charge in [0.15, 0.2) is 0 Å². The summed E-state index contributed by atoms with van der Waals surface area (Å²) >= 11 is 0. The van der Waals surface area contributed by atoms with E-state index in [4.69, 9.17) is 29.4 Å². The first kappa shape index (κ1) is 25.3. The molecule has 2 unspecified atom stereocenters. The van der Waals surface area contributed by atoms with Gasteiger partial charge in [-0.2, -0.15) is 0 Å². The molecule has 2 rings (SSSR count). The molecule has 1 aromatic carbocycles. The van der Waals surface area contributed by atoms with Gasteiger partial charge in [0.25, 0.3) is 0 Å². The van der Waals surface area contributed by atoms with Crippen LogP contribution >= 0.6 is 7.75 Å². The molecule has 1 aromatic rings. The predicted octanol–water partition coefficient (Wildman–Crippen LogP) is 2.01. The van der Waals surface area contributed by atoms with E-state index in [0.717, 1.165) is 12.8 Å². The fraction of sp³-hybridized carbons (Fsp3) is 0.550. The number of aliphatic hydroxyl groups excluding tert-OH is 1. The van der Waals surface area contributed by atoms with Crippen LogP contribution in [0.2, 0.25) is 0 Å². The van der Waals surface area contributed by atoms with Crippen molar-refractivity contribution in [2.45, 2.75) is 51.2 Å². The number of carbonyl (C=O) groups is 1. The van der Waals surface area contributed by atoms with Gasteiger partial charge in [0, 0.05) is 0 Å². The van der Waals surface area contributed by atoms with Crippen molar-refractivity contribution < 1.29 is 33.0 Å². The number of benzene rings is 1. The molecule has 0 aliphatic carbocycles. The van der Waals surface area contributed by atoms with Crippen LogP contribution in [0.1, 0.15) is 32.6 Å². The molecule has 10 nitrogen and oxygen atoms in total. The summed E-state index contributed by atoms with van der Waals surface area (Å²) in [6.45, 7) is 1.99. The number of nitrogens with one attached hydrogen (secondary N) is 2. The van der Waals surface area contributed by atoms with E-state index in [1.165, 1.54) is 12.3 Å². The average Bonchev–Trinajstić information content (AvgIpc) is 3.19. The highest BCUT2D eigenvalue weighted by atomic mass is 31.2. The van der Waals surface area contributed by atoms with Gasteiger partial charge in [-0.05, 0) is 43.7 Å². The van der Waals surface area contributed by atoms with Crippen LogP contribution in [0.15, 0.2) is 42.6 Å². The second-order valence-corrected chi connectivity index (χ2v) is 8.70. The Morgan fingerprint density at radius 2 is 2.16 bits per heavy atom. The van der Waals surface area contributed by atoms with E-state index in [0.29, 0.717) is 25.2 Å². The molecule has 0 radical (unpaired) electrons. The Balaban J connectivity index is 1.88. The summed E-state index contributed by atoms with van der Waals surface area (Å²) in [6.07, 6.45) is 4.29. The molecule has 1 heterocycles. The Morgan fingerprint density at radius 3 is 2.87 bits per heavy atom. The summed E-state index contributed by atoms with van der Waals surface area (Å²) in [4.78, 5) is 11.9. The van der Waals surface area contributed by atoms with Crippen molar-refractivity contribution in [1.82, 2.24) is 10.4 Å². The maximum Gasteiger partial charge on any atom is 0.459 e. The second kappa shape index (κ2) is 13.5. The molecule has 1 aliphatic rings. The summed E-state index contributed by atoms with van der Waals surface area (Å²) < 4.78 is 35.2. The number of hydrogen-bond acceptors (Lipinski definition) is 9. The van der Waals surface area contributed by atoms with Crippen LogP contribution in [0.5, 0.6) is 5.75 Å². The van der Waals surface area contributed by atoms with E-state index in [-0.39, 0.29) is 25.5 Å². The number of esters is 1. The van der Waals surface area contributed by atoms with Crippen LogP contribution < -0.4 is 20.7 Å². The standard InChI is InChI=1S/C20H32N3O7P/c1-2-3-13-27-20(25)14-23-31(26,30-16-7-5-4-6-8-16)28-15-17-9-10-19(29-17)22-12-11-18(21)24/h4-8,11-12,17-19,22,24H,2-3,9-10,13-15,21H2,1H3,(H,23,26)/b12-11-/t17-,18?,19+,31?/m0/s1. The number of para-hydroxylation sites is 1. The second-order valence-electron chi connectivity index (χ2n) is 6.95. The van der Waals surface area contributed by atoms with Gasteiger partial charge in [0.1, 0.15) is 24.8 Å². The number of carbonyl (C=O) groups excluding carboxylic acids is 1. The Kier molecular flexibility index (Phi) is 11.0. The molecule has 4 atom stereocenters. The maximum atomic E-state index is 13.2. The van der Waals surface area contributed by atoms with Crippen LogP contribution in [-0.4, -0.2) is 49.4 Å². The molecule has 1 fully saturated rings. The van der Waals surface area contributed by atoms with Crippen molar-refractivity contribution in [3.63, 3.8) is 0 Å². The van der Waals surface area contributed by atoms with E-state index >= 15 is 0 Å². The molecule has 1 aliphatic heterocycles. The molecule has 174 valence electrons. The molecule has 31 heavy (non-hydrogen) atoms. The highest BCUT2D eigenvalue weighted by Gasteiger charge is 2.32. The van der Waals surface area contributed by atoms with Crippen molar-refractivity contribution in [2.24, 2.45) is 5.73 Å². The van der Waals surface area contributed by atoms with Crippen molar-refractivity contribution in [2.75, 3.05) is 19.8 Å². The van der Waals surface area contributed by atoms with Crippen LogP contribution in [0.3, 0.4) is 0 Å². The number of aliphatic hydroxyl groups is 1. The highest BCUT2D eigenvalue weighted by molar-refractivity contribution is 7.52. The quantitative estimate of drug-likeness (QED) is 0.142. The average molecular weight is 457 g/mol. The molecule has 11 heteroatoms. The normalized spacial score (nSPS) is 21.5. The van der Waals surface area contributed by atoms with Gasteiger partial charge < -0.3 is 30.2 Å². The summed E-state index contributed by atoms with van der Waals surface area (Å²) in [5.74, 6) is -0.195. The van der Waals surface area contributed by atoms with Gasteiger partial charge in [0.2, 0.25) is 0 Å². The lowest BCUT2D eigenvalue weighted by Crippen LogP contribution is -2.29. The Bertz CT molecular complexity index is 733. The van der Waals surface area contributed by atoms with Crippen molar-refractivity contribution in [3.8, 4) is 5.75 Å². The van der Waals surface area contributed by atoms with Crippen LogP contribution in [0, 0.1) is 0 Å². The highest BCUT2D eigenvalue weighted by Crippen LogP contribution is 2.44. The lowest BCUT2D eigenvalue weighted by molar-refractivity contribution is -0.142. The zero-order chi connectivity index (χ0) is 22.5. The largest absolute Gasteiger partial charge is 0.465 e. The van der Waals surface area contributed by atoms with Gasteiger partial charge in [-0.3, -0.25) is 9.32 Å². The third kappa shape index (κ3) is 10.3. The van der Waals surface area contributed by atoms with Gasteiger partial charge in [-0.15, -0.1) is 0 Å². The SMILES string of the molecule is CCCCOC(=O)CNP(=O)(OC[C@@H]1CC[C@H](N/C=C\C(N)O)O1)Oc1ccccc1. The first-order valence-corrected chi connectivity index (χ1v) is 11.9. The van der Waals surface area contributed by atoms with Crippen LogP contribution in [-0.2, 0) is 23.4 Å². The fourth-order valence-electron chi connectivity index (χ4n) is 2.66. The summed E-state index contributed by atoms with van der Waals surface area (Å²) in [6, 6.07) is 8.55. The van der Waals surface area contributed by atoms with Crippen molar-refractivity contribution in [1.29, 1.82) is 0 Å². The van der Waals surface area contributed by atoms with Crippen LogP contribution in [0.4, 0.5) is 0 Å². The molecule has 0 aromatic heterocycles. The predicted molar refractivity (Wildman–Crippen MR) is 115 cm³/mol. The minimum Gasteiger partial charge on any atom is -0.465 e. The molecule has 0 amide bonds. The number of rotatable bonds is 14. The van der Waals surface area contributed by atoms with E-state index in [1.807, 2.05) is 6.92 Å². The van der Waals surface area contributed by atoms with Crippen LogP contribution in [0.25, 0.3) is 0 Å². The number of nitrogens with two attached hydrogens (primary N) is 1. The summed E-state index contributed by atoms with van der Waals surface area (Å²) in [5, 5.41) is 14.6. The number of ether oxygens (including phenoxy) is 2. The zero-order valence-corrected chi connectivity index (χ0v) is 18.5. The maximum absolute atomic E-state index is 13.2. The fourth-order valence-corrected chi connectivity index (χ4v) is 3.95.